The summed E-state index contributed by atoms with van der Waals surface area (Å²) in [4.78, 5) is 25.0. The fourth-order valence-corrected chi connectivity index (χ4v) is 4.08. The molecule has 0 saturated heterocycles. The summed E-state index contributed by atoms with van der Waals surface area (Å²) in [7, 11) is 0. The maximum atomic E-state index is 12.2. The number of aliphatic imine (C=N–C) groups is 1. The van der Waals surface area contributed by atoms with Crippen LogP contribution in [-0.4, -0.2) is 51.8 Å². The first-order valence-electron chi connectivity index (χ1n) is 9.85. The van der Waals surface area contributed by atoms with Crippen LogP contribution in [0.2, 0.25) is 5.02 Å². The van der Waals surface area contributed by atoms with Gasteiger partial charge >= 0.3 is 6.03 Å². The molecular weight excluding hydrogens is 436 g/mol. The topological polar surface area (TPSA) is 127 Å². The molecule has 0 bridgehead atoms. The Morgan fingerprint density at radius 3 is 2.94 bits per heavy atom. The number of nitrogens with one attached hydrogen (secondary N) is 5. The van der Waals surface area contributed by atoms with Gasteiger partial charge in [0.15, 0.2) is 11.0 Å². The van der Waals surface area contributed by atoms with Crippen molar-refractivity contribution in [2.24, 2.45) is 4.99 Å². The highest BCUT2D eigenvalue weighted by Crippen LogP contribution is 2.25. The summed E-state index contributed by atoms with van der Waals surface area (Å²) < 4.78 is 0. The van der Waals surface area contributed by atoms with Gasteiger partial charge in [0, 0.05) is 34.8 Å². The average Bonchev–Trinajstić information content (AvgIpc) is 3.15. The van der Waals surface area contributed by atoms with E-state index in [-0.39, 0.29) is 17.3 Å². The zero-order valence-electron chi connectivity index (χ0n) is 17.3. The zero-order valence-corrected chi connectivity index (χ0v) is 18.8. The van der Waals surface area contributed by atoms with Crippen LogP contribution in [0.3, 0.4) is 0 Å². The fourth-order valence-electron chi connectivity index (χ4n) is 2.89. The number of amidine groups is 1. The molecule has 11 heteroatoms. The van der Waals surface area contributed by atoms with Gasteiger partial charge in [0.1, 0.15) is 17.7 Å². The van der Waals surface area contributed by atoms with Gasteiger partial charge in [0.05, 0.1) is 6.54 Å². The molecule has 0 radical (unpaired) electrons. The lowest BCUT2D eigenvalue weighted by Crippen LogP contribution is -2.32. The van der Waals surface area contributed by atoms with Crippen LogP contribution >= 0.6 is 23.4 Å². The first-order chi connectivity index (χ1) is 14.9. The van der Waals surface area contributed by atoms with Gasteiger partial charge in [-0.2, -0.15) is 0 Å². The lowest BCUT2D eigenvalue weighted by atomic mass is 10.2. The summed E-state index contributed by atoms with van der Waals surface area (Å²) in [5.74, 6) is 0.672. The fraction of sp³-hybridized carbons (Fsp3) is 0.350. The standard InChI is InChI=1S/C20H25ClN8OS/c1-12(2)27-17-16(9-22)25-11-26-18(17)23-7-6-15-10-24-20(31-15)29-19(30)28-14-5-3-4-13(21)8-14/h3-5,8-9,11-12,15,22,27H,6-7,10H2,1-2H3,(H,23,25,26)(H2,24,28,29,30). The summed E-state index contributed by atoms with van der Waals surface area (Å²) in [5.41, 5.74) is 1.89. The Kier molecular flexibility index (Phi) is 8.07. The van der Waals surface area contributed by atoms with Gasteiger partial charge in [0.25, 0.3) is 0 Å². The summed E-state index contributed by atoms with van der Waals surface area (Å²) >= 11 is 7.47. The molecular formula is C20H25ClN8OS. The van der Waals surface area contributed by atoms with Gasteiger partial charge in [-0.25, -0.2) is 14.8 Å². The van der Waals surface area contributed by atoms with Gasteiger partial charge in [-0.3, -0.25) is 10.3 Å². The largest absolute Gasteiger partial charge is 0.378 e. The summed E-state index contributed by atoms with van der Waals surface area (Å²) in [6.45, 7) is 5.35. The molecule has 2 heterocycles. The van der Waals surface area contributed by atoms with Crippen LogP contribution in [0, 0.1) is 5.41 Å². The number of hydrogen-bond acceptors (Lipinski definition) is 8. The number of carbonyl (C=O) groups excluding carboxylic acids is 1. The van der Waals surface area contributed by atoms with E-state index >= 15 is 0 Å². The van der Waals surface area contributed by atoms with Crippen LogP contribution in [-0.2, 0) is 0 Å². The van der Waals surface area contributed by atoms with E-state index in [1.165, 1.54) is 24.3 Å². The zero-order chi connectivity index (χ0) is 22.2. The van der Waals surface area contributed by atoms with Gasteiger partial charge in [-0.1, -0.05) is 29.4 Å². The van der Waals surface area contributed by atoms with Crippen molar-refractivity contribution in [3.8, 4) is 0 Å². The summed E-state index contributed by atoms with van der Waals surface area (Å²) in [6, 6.07) is 6.80. The molecule has 2 aromatic rings. The number of urea groups is 1. The SMILES string of the molecule is CC(C)Nc1c(C=N)ncnc1NCCC1CN=C(NC(=O)Nc2cccc(Cl)c2)S1. The Balaban J connectivity index is 1.45. The van der Waals surface area contributed by atoms with Crippen LogP contribution in [0.4, 0.5) is 22.0 Å². The van der Waals surface area contributed by atoms with Crippen molar-refractivity contribution in [1.82, 2.24) is 15.3 Å². The second-order valence-corrected chi connectivity index (χ2v) is 8.84. The molecule has 1 aromatic carbocycles. The van der Waals surface area contributed by atoms with E-state index in [0.29, 0.717) is 40.5 Å². The van der Waals surface area contributed by atoms with Gasteiger partial charge < -0.3 is 21.4 Å². The number of rotatable bonds is 8. The van der Waals surface area contributed by atoms with Crippen molar-refractivity contribution >= 4 is 58.0 Å². The monoisotopic (exact) mass is 460 g/mol. The number of hydrogen-bond donors (Lipinski definition) is 5. The third kappa shape index (κ3) is 6.83. The Labute approximate surface area is 190 Å². The number of benzene rings is 1. The number of carbonyl (C=O) groups is 1. The molecule has 1 aliphatic rings. The molecule has 0 fully saturated rings. The quantitative estimate of drug-likeness (QED) is 0.378. The molecule has 31 heavy (non-hydrogen) atoms. The number of aromatic nitrogens is 2. The Hall–Kier alpha value is -2.85. The molecule has 0 spiro atoms. The van der Waals surface area contributed by atoms with Gasteiger partial charge in [0.2, 0.25) is 0 Å². The molecule has 3 rings (SSSR count). The number of nitrogens with zero attached hydrogens (tertiary/aromatic N) is 3. The molecule has 1 unspecified atom stereocenters. The average molecular weight is 461 g/mol. The van der Waals surface area contributed by atoms with Crippen molar-refractivity contribution in [2.75, 3.05) is 29.0 Å². The molecule has 9 nitrogen and oxygen atoms in total. The van der Waals surface area contributed by atoms with E-state index in [1.807, 2.05) is 13.8 Å². The first kappa shape index (κ1) is 22.8. The predicted octanol–water partition coefficient (Wildman–Crippen LogP) is 4.04. The summed E-state index contributed by atoms with van der Waals surface area (Å²) in [6.07, 6.45) is 3.49. The highest BCUT2D eigenvalue weighted by molar-refractivity contribution is 8.14. The molecule has 164 valence electrons. The van der Waals surface area contributed by atoms with Crippen molar-refractivity contribution in [3.05, 3.63) is 41.3 Å². The third-order valence-corrected chi connectivity index (χ3v) is 5.63. The number of halogens is 1. The smallest absolute Gasteiger partial charge is 0.325 e. The lowest BCUT2D eigenvalue weighted by molar-refractivity contribution is 0.256. The van der Waals surface area contributed by atoms with Crippen molar-refractivity contribution in [2.45, 2.75) is 31.6 Å². The number of thioether (sulfide) groups is 1. The maximum absolute atomic E-state index is 12.2. The minimum Gasteiger partial charge on any atom is -0.378 e. The van der Waals surface area contributed by atoms with Crippen LogP contribution in [0.5, 0.6) is 0 Å². The van der Waals surface area contributed by atoms with Crippen molar-refractivity contribution < 1.29 is 4.79 Å². The Morgan fingerprint density at radius 2 is 2.19 bits per heavy atom. The minimum atomic E-state index is -0.350. The number of amides is 2. The summed E-state index contributed by atoms with van der Waals surface area (Å²) in [5, 5.41) is 21.1. The number of anilines is 3. The second-order valence-electron chi connectivity index (χ2n) is 7.12. The molecule has 2 amide bonds. The highest BCUT2D eigenvalue weighted by atomic mass is 35.5. The first-order valence-corrected chi connectivity index (χ1v) is 11.1. The molecule has 1 aromatic heterocycles. The van der Waals surface area contributed by atoms with Crippen LogP contribution in [0.15, 0.2) is 35.6 Å². The van der Waals surface area contributed by atoms with Crippen LogP contribution < -0.4 is 21.3 Å². The van der Waals surface area contributed by atoms with Crippen LogP contribution in [0.25, 0.3) is 0 Å². The Bertz CT molecular complexity index is 968. The molecule has 1 aliphatic heterocycles. The van der Waals surface area contributed by atoms with Gasteiger partial charge in [-0.15, -0.1) is 0 Å². The normalized spacial score (nSPS) is 15.4. The van der Waals surface area contributed by atoms with Crippen molar-refractivity contribution in [1.29, 1.82) is 5.41 Å². The molecule has 1 atom stereocenters. The molecule has 0 aliphatic carbocycles. The molecule has 0 saturated carbocycles. The van der Waals surface area contributed by atoms with E-state index < -0.39 is 0 Å². The van der Waals surface area contributed by atoms with E-state index in [4.69, 9.17) is 17.0 Å². The second kappa shape index (κ2) is 11.0. The molecule has 5 N–H and O–H groups in total. The van der Waals surface area contributed by atoms with E-state index in [0.717, 1.165) is 12.1 Å². The van der Waals surface area contributed by atoms with E-state index in [9.17, 15) is 4.79 Å². The van der Waals surface area contributed by atoms with Gasteiger partial charge in [-0.05, 0) is 38.5 Å². The highest BCUT2D eigenvalue weighted by Gasteiger charge is 2.21. The maximum Gasteiger partial charge on any atom is 0.325 e. The van der Waals surface area contributed by atoms with Crippen LogP contribution in [0.1, 0.15) is 26.0 Å². The lowest BCUT2D eigenvalue weighted by Gasteiger charge is -2.17. The Morgan fingerprint density at radius 1 is 1.35 bits per heavy atom. The minimum absolute atomic E-state index is 0.190. The predicted molar refractivity (Wildman–Crippen MR) is 129 cm³/mol. The van der Waals surface area contributed by atoms with E-state index in [1.54, 1.807) is 24.3 Å². The van der Waals surface area contributed by atoms with E-state index in [2.05, 4.69) is 36.2 Å². The third-order valence-electron chi connectivity index (χ3n) is 4.22. The van der Waals surface area contributed by atoms with Crippen molar-refractivity contribution in [3.63, 3.8) is 0 Å².